The fourth-order valence-electron chi connectivity index (χ4n) is 8.12. The van der Waals surface area contributed by atoms with Crippen LogP contribution in [0.15, 0.2) is 52.9 Å². The Bertz CT molecular complexity index is 1750. The predicted octanol–water partition coefficient (Wildman–Crippen LogP) is 6.70. The average molecular weight is 725 g/mol. The number of halogens is 1. The van der Waals surface area contributed by atoms with Crippen LogP contribution >= 0.6 is 11.6 Å². The average Bonchev–Trinajstić information content (AvgIpc) is 3.49. The number of carbonyl (C=O) groups excluding carboxylic acids is 2. The van der Waals surface area contributed by atoms with Crippen molar-refractivity contribution < 1.29 is 28.0 Å². The van der Waals surface area contributed by atoms with Gasteiger partial charge in [0.15, 0.2) is 0 Å². The molecule has 0 aromatic heterocycles. The normalized spacial score (nSPS) is 33.4. The van der Waals surface area contributed by atoms with Crippen LogP contribution in [0, 0.1) is 23.2 Å². The van der Waals surface area contributed by atoms with Crippen LogP contribution in [0.25, 0.3) is 0 Å². The van der Waals surface area contributed by atoms with Crippen molar-refractivity contribution in [2.75, 3.05) is 44.1 Å². The van der Waals surface area contributed by atoms with Gasteiger partial charge >= 0.3 is 6.03 Å². The summed E-state index contributed by atoms with van der Waals surface area (Å²) in [5.41, 5.74) is 3.45. The number of urea groups is 1. The minimum atomic E-state index is -3.49. The van der Waals surface area contributed by atoms with Gasteiger partial charge in [0.2, 0.25) is 0 Å². The Labute approximate surface area is 300 Å². The second-order valence-electron chi connectivity index (χ2n) is 15.0. The van der Waals surface area contributed by atoms with Crippen molar-refractivity contribution in [3.8, 4) is 5.75 Å². The van der Waals surface area contributed by atoms with E-state index >= 15 is 0 Å². The van der Waals surface area contributed by atoms with Crippen LogP contribution in [0.4, 0.5) is 10.5 Å². The molecule has 10 nitrogen and oxygen atoms in total. The molecule has 5 aliphatic rings. The van der Waals surface area contributed by atoms with Crippen LogP contribution in [0.3, 0.4) is 0 Å². The van der Waals surface area contributed by atoms with Gasteiger partial charge in [0.05, 0.1) is 30.8 Å². The van der Waals surface area contributed by atoms with E-state index in [1.54, 1.807) is 13.2 Å². The Morgan fingerprint density at radius 1 is 1.14 bits per heavy atom. The molecule has 2 bridgehead atoms. The van der Waals surface area contributed by atoms with Crippen molar-refractivity contribution in [3.05, 3.63) is 70.3 Å². The van der Waals surface area contributed by atoms with E-state index in [4.69, 9.17) is 25.8 Å². The first-order valence-corrected chi connectivity index (χ1v) is 20.1. The molecule has 3 amide bonds. The lowest BCUT2D eigenvalue weighted by atomic mass is 9.70. The van der Waals surface area contributed by atoms with Gasteiger partial charge < -0.3 is 24.4 Å². The highest BCUT2D eigenvalue weighted by molar-refractivity contribution is 7.92. The first-order chi connectivity index (χ1) is 24.1. The van der Waals surface area contributed by atoms with Crippen LogP contribution in [-0.2, 0) is 32.4 Å². The highest BCUT2D eigenvalue weighted by Crippen LogP contribution is 2.52. The molecule has 2 aromatic carbocycles. The van der Waals surface area contributed by atoms with E-state index < -0.39 is 21.9 Å². The molecule has 3 heterocycles. The van der Waals surface area contributed by atoms with E-state index in [0.29, 0.717) is 55.9 Å². The molecule has 12 heteroatoms. The van der Waals surface area contributed by atoms with Gasteiger partial charge in [-0.3, -0.25) is 9.52 Å². The molecule has 2 aliphatic carbocycles. The van der Waals surface area contributed by atoms with Gasteiger partial charge in [-0.15, -0.1) is 4.36 Å². The van der Waals surface area contributed by atoms with Crippen molar-refractivity contribution in [2.45, 2.75) is 77.0 Å². The van der Waals surface area contributed by atoms with E-state index in [9.17, 15) is 13.8 Å². The fourth-order valence-corrected chi connectivity index (χ4v) is 10.1. The molecule has 270 valence electrons. The summed E-state index contributed by atoms with van der Waals surface area (Å²) in [6.07, 6.45) is 11.3. The number of benzene rings is 2. The third-order valence-corrected chi connectivity index (χ3v) is 13.5. The van der Waals surface area contributed by atoms with Crippen molar-refractivity contribution in [2.24, 2.45) is 27.5 Å². The van der Waals surface area contributed by atoms with Crippen molar-refractivity contribution in [1.29, 1.82) is 0 Å². The van der Waals surface area contributed by atoms with Gasteiger partial charge in [0, 0.05) is 48.8 Å². The summed E-state index contributed by atoms with van der Waals surface area (Å²) >= 11 is 6.47. The number of amides is 3. The maximum Gasteiger partial charge on any atom is 0.327 e. The quantitative estimate of drug-likeness (QED) is 0.339. The standard InChI is InChI=1S/C38H49ClN4O6S/c1-25-6-5-8-33(47-2)31-13-10-29(31)22-43-21-28-9-12-30(39)18-26(28)7-3-4-16-49-34-14-11-27(19-32(34)43)36(44)41-50(46,23-25)42-37(45)40-35-20-38(35)15-17-48-24-38/h5,8-9,11-12,14,18-19,25,29,31,33,35H,3-4,6-7,10,13,15-17,20-24H2,1-2H3,(H2,40,41,42,44,45,46)/b8-5+/t25-,29-,31+,33-,35-,38?,50?/m0/s1. The lowest BCUT2D eigenvalue weighted by molar-refractivity contribution is 0.0133. The molecular formula is C38H49ClN4O6S. The van der Waals surface area contributed by atoms with E-state index in [1.807, 2.05) is 25.1 Å². The lowest BCUT2D eigenvalue weighted by Gasteiger charge is -2.43. The van der Waals surface area contributed by atoms with E-state index in [0.717, 1.165) is 62.2 Å². The van der Waals surface area contributed by atoms with Crippen molar-refractivity contribution >= 4 is 39.1 Å². The largest absolute Gasteiger partial charge is 0.491 e. The Morgan fingerprint density at radius 3 is 2.80 bits per heavy atom. The number of nitrogens with one attached hydrogen (secondary N) is 2. The molecule has 50 heavy (non-hydrogen) atoms. The molecule has 1 spiro atoms. The number of hydrogen-bond acceptors (Lipinski definition) is 7. The highest BCUT2D eigenvalue weighted by atomic mass is 35.5. The number of aryl methyl sites for hydroxylation is 1. The van der Waals surface area contributed by atoms with Crippen LogP contribution in [0.1, 0.15) is 73.4 Å². The fraction of sp³-hybridized carbons (Fsp3) is 0.579. The summed E-state index contributed by atoms with van der Waals surface area (Å²) in [5, 5.41) is 3.69. The van der Waals surface area contributed by atoms with Crippen LogP contribution in [0.5, 0.6) is 5.75 Å². The number of anilines is 1. The van der Waals surface area contributed by atoms with Gasteiger partial charge in [0.25, 0.3) is 5.91 Å². The van der Waals surface area contributed by atoms with Gasteiger partial charge in [-0.05, 0) is 111 Å². The zero-order valence-electron chi connectivity index (χ0n) is 29.0. The monoisotopic (exact) mass is 724 g/mol. The van der Waals surface area contributed by atoms with Gasteiger partial charge in [-0.1, -0.05) is 36.7 Å². The maximum absolute atomic E-state index is 14.5. The first-order valence-electron chi connectivity index (χ1n) is 18.1. The third-order valence-electron chi connectivity index (χ3n) is 11.3. The minimum absolute atomic E-state index is 0.0264. The summed E-state index contributed by atoms with van der Waals surface area (Å²) in [4.78, 5) is 29.5. The topological polar surface area (TPSA) is 119 Å². The second kappa shape index (κ2) is 14.9. The highest BCUT2D eigenvalue weighted by Gasteiger charge is 2.57. The van der Waals surface area contributed by atoms with E-state index in [2.05, 4.69) is 43.6 Å². The molecule has 0 radical (unpaired) electrons. The molecule has 7 atom stereocenters. The van der Waals surface area contributed by atoms with E-state index in [1.165, 1.54) is 11.1 Å². The number of hydrogen-bond donors (Lipinski definition) is 2. The van der Waals surface area contributed by atoms with Crippen molar-refractivity contribution in [1.82, 2.24) is 10.0 Å². The van der Waals surface area contributed by atoms with Crippen LogP contribution in [-0.4, -0.2) is 67.5 Å². The number of nitrogens with zero attached hydrogens (tertiary/aromatic N) is 2. The minimum Gasteiger partial charge on any atom is -0.491 e. The second-order valence-corrected chi connectivity index (χ2v) is 17.4. The summed E-state index contributed by atoms with van der Waals surface area (Å²) in [6.45, 7) is 5.15. The maximum atomic E-state index is 14.5. The lowest BCUT2D eigenvalue weighted by Crippen LogP contribution is -2.44. The third kappa shape index (κ3) is 7.86. The number of carbonyl (C=O) groups is 2. The Hall–Kier alpha value is -3.12. The molecule has 2 saturated carbocycles. The van der Waals surface area contributed by atoms with E-state index in [-0.39, 0.29) is 29.2 Å². The summed E-state index contributed by atoms with van der Waals surface area (Å²) < 4.78 is 39.4. The molecular weight excluding hydrogens is 676 g/mol. The molecule has 2 aromatic rings. The molecule has 1 saturated heterocycles. The van der Waals surface area contributed by atoms with Gasteiger partial charge in [-0.2, -0.15) is 0 Å². The number of rotatable bonds is 3. The zero-order valence-corrected chi connectivity index (χ0v) is 30.6. The van der Waals surface area contributed by atoms with Crippen LogP contribution in [0.2, 0.25) is 5.02 Å². The van der Waals surface area contributed by atoms with Gasteiger partial charge in [-0.25, -0.2) is 9.00 Å². The smallest absolute Gasteiger partial charge is 0.327 e. The van der Waals surface area contributed by atoms with Crippen molar-refractivity contribution in [3.63, 3.8) is 0 Å². The molecule has 3 fully saturated rings. The molecule has 3 aliphatic heterocycles. The first kappa shape index (κ1) is 35.3. The van der Waals surface area contributed by atoms with Gasteiger partial charge in [0.1, 0.15) is 15.7 Å². The summed E-state index contributed by atoms with van der Waals surface area (Å²) in [6, 6.07) is 10.8. The summed E-state index contributed by atoms with van der Waals surface area (Å²) in [7, 11) is -1.73. The number of methoxy groups -OCH3 is 1. The number of fused-ring (bicyclic) bond motifs is 3. The predicted molar refractivity (Wildman–Crippen MR) is 195 cm³/mol. The Kier molecular flexibility index (Phi) is 10.5. The summed E-state index contributed by atoms with van der Waals surface area (Å²) in [5.74, 6) is 0.660. The SMILES string of the molecule is CO[C@H]1/C=C/C[C@H](C)CS(=O)(NC(=O)N[C@H]2CC23CCOC3)=NC(=O)c2ccc3c(c2)N(Cc2ccc(Cl)cc2CCCCO3)C[C@@H]2CC[C@H]21. The zero-order chi connectivity index (χ0) is 34.9. The Balaban J connectivity index is 1.26. The molecule has 2 unspecified atom stereocenters. The molecule has 2 N–H and O–H groups in total. The van der Waals surface area contributed by atoms with Crippen LogP contribution < -0.4 is 19.7 Å². The molecule has 7 rings (SSSR count). The number of ether oxygens (including phenoxy) is 3. The number of allylic oxidation sites excluding steroid dienone is 1. The Morgan fingerprint density at radius 2 is 2.02 bits per heavy atom.